The summed E-state index contributed by atoms with van der Waals surface area (Å²) in [6.45, 7) is 7.17. The Bertz CT molecular complexity index is 1700. The average Bonchev–Trinajstić information content (AvgIpc) is 3.36. The summed E-state index contributed by atoms with van der Waals surface area (Å²) >= 11 is 3.87. The number of nitrogens with one attached hydrogen (secondary N) is 1. The van der Waals surface area contributed by atoms with Crippen molar-refractivity contribution in [2.75, 3.05) is 25.0 Å². The first-order valence-electron chi connectivity index (χ1n) is 15.6. The molecule has 1 aliphatic heterocycles. The molecule has 0 spiro atoms. The lowest BCUT2D eigenvalue weighted by molar-refractivity contribution is -0.118. The fraction of sp³-hybridized carbons (Fsp3) is 0.289. The van der Waals surface area contributed by atoms with E-state index in [9.17, 15) is 4.79 Å². The number of anilines is 1. The molecule has 2 heterocycles. The van der Waals surface area contributed by atoms with Crippen LogP contribution in [0.3, 0.4) is 0 Å². The highest BCUT2D eigenvalue weighted by atomic mass is 79.9. The topological polar surface area (TPSA) is 37.3 Å². The largest absolute Gasteiger partial charge is 0.326 e. The third-order valence-corrected chi connectivity index (χ3v) is 9.45. The highest BCUT2D eigenvalue weighted by molar-refractivity contribution is 9.10. The molecule has 0 atom stereocenters. The molecule has 1 aromatic heterocycles. The van der Waals surface area contributed by atoms with Crippen LogP contribution in [0.25, 0.3) is 27.8 Å². The first-order chi connectivity index (χ1) is 21.0. The SMILES string of the molecule is CC(C)C(=O)Nc1cccc(C2CCN(CCCc3c(-c4ccccc4Br)n(-c4ccccc4)c4ccccc34)CC2)c1. The van der Waals surface area contributed by atoms with Gasteiger partial charge < -0.3 is 14.8 Å². The van der Waals surface area contributed by atoms with E-state index in [1.807, 2.05) is 19.9 Å². The van der Waals surface area contributed by atoms with E-state index in [1.165, 1.54) is 39.0 Å². The lowest BCUT2D eigenvalue weighted by Gasteiger charge is -2.32. The number of piperidine rings is 1. The molecule has 4 nitrogen and oxygen atoms in total. The van der Waals surface area contributed by atoms with Gasteiger partial charge in [0.05, 0.1) is 11.2 Å². The number of likely N-dealkylation sites (tertiary alicyclic amines) is 1. The average molecular weight is 635 g/mol. The number of nitrogens with zero attached hydrogens (tertiary/aromatic N) is 2. The Morgan fingerprint density at radius 2 is 1.60 bits per heavy atom. The van der Waals surface area contributed by atoms with E-state index in [0.29, 0.717) is 5.92 Å². The summed E-state index contributed by atoms with van der Waals surface area (Å²) in [7, 11) is 0. The number of carbonyl (C=O) groups is 1. The van der Waals surface area contributed by atoms with Crippen LogP contribution in [0.5, 0.6) is 0 Å². The Kier molecular flexibility index (Phi) is 9.11. The Morgan fingerprint density at radius 3 is 2.37 bits per heavy atom. The minimum Gasteiger partial charge on any atom is -0.326 e. The van der Waals surface area contributed by atoms with Crippen molar-refractivity contribution in [1.82, 2.24) is 9.47 Å². The van der Waals surface area contributed by atoms with Gasteiger partial charge in [-0.25, -0.2) is 0 Å². The molecule has 0 aliphatic carbocycles. The van der Waals surface area contributed by atoms with E-state index < -0.39 is 0 Å². The fourth-order valence-electron chi connectivity index (χ4n) is 6.47. The first-order valence-corrected chi connectivity index (χ1v) is 16.3. The first kappa shape index (κ1) is 29.4. The summed E-state index contributed by atoms with van der Waals surface area (Å²) in [5.41, 5.74) is 8.62. The van der Waals surface area contributed by atoms with E-state index in [0.717, 1.165) is 55.5 Å². The number of halogens is 1. The monoisotopic (exact) mass is 633 g/mol. The third-order valence-electron chi connectivity index (χ3n) is 8.76. The number of hydrogen-bond donors (Lipinski definition) is 1. The number of rotatable bonds is 9. The molecule has 4 aromatic carbocycles. The third kappa shape index (κ3) is 6.48. The Labute approximate surface area is 263 Å². The molecular weight excluding hydrogens is 594 g/mol. The second-order valence-electron chi connectivity index (χ2n) is 12.0. The molecule has 0 bridgehead atoms. The van der Waals surface area contributed by atoms with Crippen LogP contribution >= 0.6 is 15.9 Å². The van der Waals surface area contributed by atoms with Crippen LogP contribution in [-0.4, -0.2) is 35.0 Å². The highest BCUT2D eigenvalue weighted by Gasteiger charge is 2.23. The van der Waals surface area contributed by atoms with Gasteiger partial charge in [0.2, 0.25) is 5.91 Å². The molecule has 0 unspecified atom stereocenters. The summed E-state index contributed by atoms with van der Waals surface area (Å²) < 4.78 is 3.56. The molecule has 0 radical (unpaired) electrons. The van der Waals surface area contributed by atoms with E-state index >= 15 is 0 Å². The Balaban J connectivity index is 1.18. The lowest BCUT2D eigenvalue weighted by Crippen LogP contribution is -2.33. The highest BCUT2D eigenvalue weighted by Crippen LogP contribution is 2.40. The minimum atomic E-state index is -0.0212. The molecule has 1 aliphatic rings. The van der Waals surface area contributed by atoms with Crippen LogP contribution in [0, 0.1) is 5.92 Å². The molecule has 1 fully saturated rings. The van der Waals surface area contributed by atoms with Gasteiger partial charge in [-0.15, -0.1) is 0 Å². The molecule has 220 valence electrons. The predicted molar refractivity (Wildman–Crippen MR) is 183 cm³/mol. The van der Waals surface area contributed by atoms with Gasteiger partial charge in [-0.2, -0.15) is 0 Å². The van der Waals surface area contributed by atoms with Gasteiger partial charge >= 0.3 is 0 Å². The number of amides is 1. The molecular formula is C38H40BrN3O. The van der Waals surface area contributed by atoms with Crippen LogP contribution in [0.1, 0.15) is 50.2 Å². The van der Waals surface area contributed by atoms with Crippen molar-refractivity contribution in [3.8, 4) is 16.9 Å². The molecule has 5 heteroatoms. The normalized spacial score (nSPS) is 14.4. The van der Waals surface area contributed by atoms with E-state index in [2.05, 4.69) is 128 Å². The van der Waals surface area contributed by atoms with Gasteiger partial charge in [0.25, 0.3) is 0 Å². The molecule has 1 N–H and O–H groups in total. The zero-order chi connectivity index (χ0) is 29.8. The molecule has 43 heavy (non-hydrogen) atoms. The minimum absolute atomic E-state index is 0.0212. The standard InChI is InChI=1S/C38H40BrN3O/c1-27(2)38(43)40-30-13-10-12-29(26-30)28-21-24-41(25-22-28)23-11-18-33-32-16-7-9-20-36(32)42(31-14-4-3-5-15-31)37(33)34-17-6-8-19-35(34)39/h3-10,12-17,19-20,26-28H,11,18,21-25H2,1-2H3,(H,40,43). The maximum Gasteiger partial charge on any atom is 0.226 e. The van der Waals surface area contributed by atoms with E-state index in [4.69, 9.17) is 0 Å². The second-order valence-corrected chi connectivity index (χ2v) is 12.8. The number of para-hydroxylation sites is 2. The van der Waals surface area contributed by atoms with Crippen molar-refractivity contribution in [1.29, 1.82) is 0 Å². The zero-order valence-electron chi connectivity index (χ0n) is 25.1. The number of carbonyl (C=O) groups excluding carboxylic acids is 1. The fourth-order valence-corrected chi connectivity index (χ4v) is 6.94. The number of hydrogen-bond acceptors (Lipinski definition) is 2. The van der Waals surface area contributed by atoms with Crippen molar-refractivity contribution >= 4 is 38.4 Å². The quantitative estimate of drug-likeness (QED) is 0.175. The zero-order valence-corrected chi connectivity index (χ0v) is 26.7. The molecule has 1 saturated heterocycles. The summed E-state index contributed by atoms with van der Waals surface area (Å²) in [6, 6.07) is 36.6. The van der Waals surface area contributed by atoms with Crippen LogP contribution < -0.4 is 5.32 Å². The van der Waals surface area contributed by atoms with E-state index in [-0.39, 0.29) is 11.8 Å². The number of benzene rings is 4. The van der Waals surface area contributed by atoms with Gasteiger partial charge in [-0.1, -0.05) is 96.5 Å². The molecule has 5 aromatic rings. The van der Waals surface area contributed by atoms with Crippen molar-refractivity contribution in [3.05, 3.63) is 119 Å². The van der Waals surface area contributed by atoms with Crippen molar-refractivity contribution < 1.29 is 4.79 Å². The van der Waals surface area contributed by atoms with Crippen LogP contribution in [0.4, 0.5) is 5.69 Å². The van der Waals surface area contributed by atoms with Gasteiger partial charge in [0.15, 0.2) is 0 Å². The summed E-state index contributed by atoms with van der Waals surface area (Å²) in [5, 5.41) is 4.40. The van der Waals surface area contributed by atoms with Gasteiger partial charge in [0, 0.05) is 32.7 Å². The van der Waals surface area contributed by atoms with Crippen molar-refractivity contribution in [2.24, 2.45) is 5.92 Å². The number of aromatic nitrogens is 1. The van der Waals surface area contributed by atoms with E-state index in [1.54, 1.807) is 0 Å². The lowest BCUT2D eigenvalue weighted by atomic mass is 9.89. The summed E-state index contributed by atoms with van der Waals surface area (Å²) in [5.74, 6) is 0.590. The Hall–Kier alpha value is -3.67. The summed E-state index contributed by atoms with van der Waals surface area (Å²) in [6.07, 6.45) is 4.43. The Morgan fingerprint density at radius 1 is 0.884 bits per heavy atom. The molecule has 6 rings (SSSR count). The molecule has 1 amide bonds. The summed E-state index contributed by atoms with van der Waals surface area (Å²) in [4.78, 5) is 14.8. The van der Waals surface area contributed by atoms with Crippen LogP contribution in [0.15, 0.2) is 108 Å². The number of aryl methyl sites for hydroxylation is 1. The van der Waals surface area contributed by atoms with Crippen molar-refractivity contribution in [3.63, 3.8) is 0 Å². The maximum atomic E-state index is 12.2. The molecule has 0 saturated carbocycles. The van der Waals surface area contributed by atoms with Gasteiger partial charge in [-0.05, 0) is 98.8 Å². The maximum absolute atomic E-state index is 12.2. The second kappa shape index (κ2) is 13.3. The predicted octanol–water partition coefficient (Wildman–Crippen LogP) is 9.47. The smallest absolute Gasteiger partial charge is 0.226 e. The van der Waals surface area contributed by atoms with Crippen LogP contribution in [-0.2, 0) is 11.2 Å². The van der Waals surface area contributed by atoms with Gasteiger partial charge in [0.1, 0.15) is 0 Å². The van der Waals surface area contributed by atoms with Crippen molar-refractivity contribution in [2.45, 2.75) is 45.4 Å². The van der Waals surface area contributed by atoms with Crippen LogP contribution in [0.2, 0.25) is 0 Å². The van der Waals surface area contributed by atoms with Gasteiger partial charge in [-0.3, -0.25) is 4.79 Å². The number of fused-ring (bicyclic) bond motifs is 1.